The summed E-state index contributed by atoms with van der Waals surface area (Å²) in [5.41, 5.74) is 9.35. The van der Waals surface area contributed by atoms with Gasteiger partial charge in [0, 0.05) is 5.69 Å². The van der Waals surface area contributed by atoms with Gasteiger partial charge in [0.25, 0.3) is 0 Å². The van der Waals surface area contributed by atoms with E-state index in [-0.39, 0.29) is 58.0 Å². The Balaban J connectivity index is 1.20. The monoisotopic (exact) mass is 698 g/mol. The van der Waals surface area contributed by atoms with Gasteiger partial charge in [0.05, 0.1) is 16.9 Å². The van der Waals surface area contributed by atoms with Crippen LogP contribution in [-0.2, 0) is 42.8 Å². The first-order valence-electron chi connectivity index (χ1n) is 19.1. The van der Waals surface area contributed by atoms with Crippen LogP contribution in [0.5, 0.6) is 5.75 Å². The lowest BCUT2D eigenvalue weighted by molar-refractivity contribution is -0.150. The zero-order valence-corrected chi connectivity index (χ0v) is 31.6. The minimum Gasteiger partial charge on any atom is -0.508 e. The molecule has 2 saturated carbocycles. The maximum absolute atomic E-state index is 14.5. The molecule has 6 rings (SSSR count). The molecule has 9 nitrogen and oxygen atoms in total. The highest BCUT2D eigenvalue weighted by atomic mass is 16.3. The average molecular weight is 699 g/mol. The van der Waals surface area contributed by atoms with E-state index >= 15 is 0 Å². The lowest BCUT2D eigenvalue weighted by Gasteiger charge is -2.56. The molecule has 4 aliphatic rings. The first-order valence-corrected chi connectivity index (χ1v) is 19.1. The topological polar surface area (TPSA) is 151 Å². The van der Waals surface area contributed by atoms with E-state index in [9.17, 15) is 24.3 Å². The van der Waals surface area contributed by atoms with Crippen molar-refractivity contribution in [3.8, 4) is 5.75 Å². The molecule has 2 aromatic rings. The van der Waals surface area contributed by atoms with Gasteiger partial charge in [-0.15, -0.1) is 0 Å². The molecule has 0 unspecified atom stereocenters. The number of aromatic hydroxyl groups is 1. The first-order chi connectivity index (χ1) is 23.9. The zero-order valence-electron chi connectivity index (χ0n) is 31.6. The number of benzene rings is 2. The van der Waals surface area contributed by atoms with Crippen LogP contribution in [0.4, 0.5) is 5.69 Å². The van der Waals surface area contributed by atoms with Gasteiger partial charge in [-0.3, -0.25) is 24.5 Å². The molecule has 0 aliphatic heterocycles. The molecule has 0 spiro atoms. The Morgan fingerprint density at radius 1 is 0.745 bits per heavy atom. The molecule has 2 aromatic carbocycles. The molecule has 0 radical (unpaired) electrons. The lowest BCUT2D eigenvalue weighted by atomic mass is 9.49. The van der Waals surface area contributed by atoms with Gasteiger partial charge in [-0.05, 0) is 133 Å². The molecule has 6 N–H and O–H groups in total. The summed E-state index contributed by atoms with van der Waals surface area (Å²) in [6.07, 6.45) is 8.39. The summed E-state index contributed by atoms with van der Waals surface area (Å²) in [6.45, 7) is 14.0. The minimum atomic E-state index is -0.764. The van der Waals surface area contributed by atoms with E-state index in [1.165, 1.54) is 11.1 Å². The number of carbonyl (C=O) groups excluding carboxylic acids is 4. The van der Waals surface area contributed by atoms with Crippen molar-refractivity contribution >= 4 is 29.3 Å². The van der Waals surface area contributed by atoms with E-state index in [1.54, 1.807) is 13.0 Å². The predicted octanol–water partition coefficient (Wildman–Crippen LogP) is 6.18. The zero-order chi connectivity index (χ0) is 37.1. The molecule has 4 aliphatic carbocycles. The molecule has 0 heterocycles. The summed E-state index contributed by atoms with van der Waals surface area (Å²) in [5, 5.41) is 19.1. The second kappa shape index (κ2) is 13.4. The number of hydrogen-bond donors (Lipinski definition) is 5. The molecule has 0 bridgehead atoms. The second-order valence-electron chi connectivity index (χ2n) is 17.5. The van der Waals surface area contributed by atoms with Gasteiger partial charge in [0.1, 0.15) is 11.8 Å². The Bertz CT molecular complexity index is 1740. The van der Waals surface area contributed by atoms with Crippen molar-refractivity contribution in [3.63, 3.8) is 0 Å². The number of rotatable bonds is 7. The molecule has 0 aromatic heterocycles. The van der Waals surface area contributed by atoms with Crippen molar-refractivity contribution in [2.24, 2.45) is 34.3 Å². The predicted molar refractivity (Wildman–Crippen MR) is 199 cm³/mol. The molecule has 0 saturated heterocycles. The number of phenols is 1. The number of nitrogens with one attached hydrogen (secondary N) is 3. The van der Waals surface area contributed by atoms with E-state index in [1.807, 2.05) is 45.0 Å². The fourth-order valence-electron chi connectivity index (χ4n) is 10.8. The number of carbonyl (C=O) groups is 4. The van der Waals surface area contributed by atoms with Crippen molar-refractivity contribution in [2.45, 2.75) is 136 Å². The number of phenolic OH excluding ortho intramolecular Hbond substituents is 1. The van der Waals surface area contributed by atoms with Gasteiger partial charge < -0.3 is 21.5 Å². The van der Waals surface area contributed by atoms with Crippen molar-refractivity contribution < 1.29 is 24.3 Å². The summed E-state index contributed by atoms with van der Waals surface area (Å²) in [7, 11) is 0. The molecule has 2 fully saturated rings. The van der Waals surface area contributed by atoms with Crippen LogP contribution in [0.3, 0.4) is 0 Å². The summed E-state index contributed by atoms with van der Waals surface area (Å²) < 4.78 is 0. The fraction of sp³-hybridized carbons (Fsp3) is 0.619. The number of imide groups is 1. The second-order valence-corrected chi connectivity index (χ2v) is 17.5. The summed E-state index contributed by atoms with van der Waals surface area (Å²) >= 11 is 0. The number of aryl methyl sites for hydroxylation is 2. The van der Waals surface area contributed by atoms with Gasteiger partial charge in [0.2, 0.25) is 23.6 Å². The minimum absolute atomic E-state index is 0.00898. The first kappa shape index (κ1) is 37.1. The Morgan fingerprint density at radius 3 is 1.78 bits per heavy atom. The van der Waals surface area contributed by atoms with Gasteiger partial charge in [-0.25, -0.2) is 0 Å². The SMILES string of the molecule is CC(C)[C@H](N)C(=O)N[C@@H](C)C(=O)Nc1ccc2c(c1)[C@@]1(C)CCC[C@](C)(C(=O)NC(=O)[C@@]3(C)CCC[C@]4(C)c5cc(O)ccc5CC[C@@H]34)[C@@H]1CC2. The fourth-order valence-corrected chi connectivity index (χ4v) is 10.8. The Morgan fingerprint density at radius 2 is 1.25 bits per heavy atom. The number of fused-ring (bicyclic) bond motifs is 6. The largest absolute Gasteiger partial charge is 0.508 e. The third-order valence-corrected chi connectivity index (χ3v) is 14.0. The standard InChI is InChI=1S/C42H58N4O5/c1-24(2)34(43)36(49)44-25(3)35(48)45-28-14-10-26-12-16-32-39(4,30(26)22-28)18-8-20-41(32,6)37(50)46-38(51)42(7)21-9-19-40(5)31-23-29(47)15-11-27(31)13-17-33(40)42/h10-11,14-15,22-25,32-34,47H,8-9,12-13,16-21,43H2,1-7H3,(H,44,49)(H,45,48)(H,46,50,51)/t25-,32+,33+,34-,39+,40+,41-,42-/m0/s1. The van der Waals surface area contributed by atoms with Crippen LogP contribution in [0, 0.1) is 28.6 Å². The smallest absolute Gasteiger partial charge is 0.246 e. The summed E-state index contributed by atoms with van der Waals surface area (Å²) in [6, 6.07) is 10.2. The van der Waals surface area contributed by atoms with Crippen LogP contribution >= 0.6 is 0 Å². The summed E-state index contributed by atoms with van der Waals surface area (Å²) in [5.74, 6) is -0.757. The van der Waals surface area contributed by atoms with Crippen molar-refractivity contribution in [1.29, 1.82) is 0 Å². The third-order valence-electron chi connectivity index (χ3n) is 14.0. The van der Waals surface area contributed by atoms with Gasteiger partial charge in [-0.2, -0.15) is 0 Å². The average Bonchev–Trinajstić information content (AvgIpc) is 3.08. The number of anilines is 1. The van der Waals surface area contributed by atoms with Gasteiger partial charge in [-0.1, -0.05) is 66.5 Å². The van der Waals surface area contributed by atoms with Crippen LogP contribution < -0.4 is 21.7 Å². The highest BCUT2D eigenvalue weighted by molar-refractivity contribution is 6.01. The highest BCUT2D eigenvalue weighted by Gasteiger charge is 2.58. The molecule has 8 atom stereocenters. The quantitative estimate of drug-likeness (QED) is 0.218. The maximum Gasteiger partial charge on any atom is 0.246 e. The number of hydrogen-bond acceptors (Lipinski definition) is 6. The summed E-state index contributed by atoms with van der Waals surface area (Å²) in [4.78, 5) is 54.6. The van der Waals surface area contributed by atoms with Crippen LogP contribution in [0.1, 0.15) is 122 Å². The Hall–Kier alpha value is -3.72. The van der Waals surface area contributed by atoms with Crippen molar-refractivity contribution in [2.75, 3.05) is 5.32 Å². The van der Waals surface area contributed by atoms with Crippen molar-refractivity contribution in [3.05, 3.63) is 58.7 Å². The van der Waals surface area contributed by atoms with Crippen LogP contribution in [0.2, 0.25) is 0 Å². The van der Waals surface area contributed by atoms with Crippen LogP contribution in [-0.4, -0.2) is 40.8 Å². The number of amides is 4. The third kappa shape index (κ3) is 6.27. The van der Waals surface area contributed by atoms with Gasteiger partial charge >= 0.3 is 0 Å². The lowest BCUT2D eigenvalue weighted by Crippen LogP contribution is -2.60. The van der Waals surface area contributed by atoms with Crippen molar-refractivity contribution in [1.82, 2.24) is 10.6 Å². The normalized spacial score (nSPS) is 32.3. The maximum atomic E-state index is 14.5. The molecule has 276 valence electrons. The molecular weight excluding hydrogens is 640 g/mol. The molecule has 9 heteroatoms. The van der Waals surface area contributed by atoms with E-state index in [2.05, 4.69) is 42.8 Å². The number of nitrogens with two attached hydrogens (primary N) is 1. The van der Waals surface area contributed by atoms with E-state index in [0.29, 0.717) is 12.1 Å². The Labute approximate surface area is 303 Å². The molecule has 51 heavy (non-hydrogen) atoms. The van der Waals surface area contributed by atoms with E-state index in [0.717, 1.165) is 68.9 Å². The molecule has 4 amide bonds. The van der Waals surface area contributed by atoms with Gasteiger partial charge in [0.15, 0.2) is 0 Å². The van der Waals surface area contributed by atoms with Crippen LogP contribution in [0.15, 0.2) is 36.4 Å². The van der Waals surface area contributed by atoms with E-state index < -0.39 is 22.9 Å². The Kier molecular flexibility index (Phi) is 9.70. The van der Waals surface area contributed by atoms with E-state index in [4.69, 9.17) is 5.73 Å². The molecular formula is C42H58N4O5. The highest BCUT2D eigenvalue weighted by Crippen LogP contribution is 2.59. The van der Waals surface area contributed by atoms with Crippen LogP contribution in [0.25, 0.3) is 0 Å².